The summed E-state index contributed by atoms with van der Waals surface area (Å²) in [7, 11) is 0. The number of hydrogen-bond donors (Lipinski definition) is 2. The van der Waals surface area contributed by atoms with Crippen LogP contribution in [0.3, 0.4) is 0 Å². The molecular formula is C14H17N3S. The molecule has 0 fully saturated rings. The molecule has 1 aliphatic heterocycles. The highest BCUT2D eigenvalue weighted by molar-refractivity contribution is 7.07. The Balaban J connectivity index is 1.41. The molecule has 1 aromatic heterocycles. The number of para-hydroxylation sites is 1. The molecule has 0 saturated carbocycles. The molecule has 2 N–H and O–H groups in total. The fraction of sp³-hybridized carbons (Fsp3) is 0.357. The summed E-state index contributed by atoms with van der Waals surface area (Å²) < 4.78 is 0. The molecule has 3 nitrogen and oxygen atoms in total. The predicted octanol–water partition coefficient (Wildman–Crippen LogP) is 2.31. The Bertz CT molecular complexity index is 471. The van der Waals surface area contributed by atoms with Gasteiger partial charge in [0.2, 0.25) is 0 Å². The zero-order valence-electron chi connectivity index (χ0n) is 10.2. The first kappa shape index (κ1) is 11.7. The number of aromatic nitrogens is 1. The van der Waals surface area contributed by atoms with Crippen LogP contribution in [-0.4, -0.2) is 24.1 Å². The third-order valence-corrected chi connectivity index (χ3v) is 3.91. The van der Waals surface area contributed by atoms with Gasteiger partial charge >= 0.3 is 0 Å². The first-order chi connectivity index (χ1) is 8.92. The highest BCUT2D eigenvalue weighted by Crippen LogP contribution is 2.24. The Kier molecular flexibility index (Phi) is 3.57. The molecule has 0 saturated heterocycles. The van der Waals surface area contributed by atoms with Crippen LogP contribution in [0, 0.1) is 0 Å². The number of hydrogen-bond acceptors (Lipinski definition) is 4. The van der Waals surface area contributed by atoms with Crippen molar-refractivity contribution in [1.82, 2.24) is 10.3 Å². The Hall–Kier alpha value is -1.39. The van der Waals surface area contributed by atoms with Crippen LogP contribution < -0.4 is 10.6 Å². The highest BCUT2D eigenvalue weighted by atomic mass is 32.1. The number of rotatable bonds is 5. The van der Waals surface area contributed by atoms with Gasteiger partial charge in [-0.25, -0.2) is 4.98 Å². The van der Waals surface area contributed by atoms with E-state index in [1.165, 1.54) is 16.9 Å². The van der Waals surface area contributed by atoms with E-state index in [-0.39, 0.29) is 0 Å². The fourth-order valence-corrected chi connectivity index (χ4v) is 2.95. The van der Waals surface area contributed by atoms with Gasteiger partial charge in [-0.15, -0.1) is 11.3 Å². The molecule has 1 atom stereocenters. The van der Waals surface area contributed by atoms with E-state index >= 15 is 0 Å². The first-order valence-electron chi connectivity index (χ1n) is 6.34. The molecule has 0 radical (unpaired) electrons. The number of thiazole rings is 1. The Morgan fingerprint density at radius 2 is 2.33 bits per heavy atom. The molecule has 1 unspecified atom stereocenters. The first-order valence-corrected chi connectivity index (χ1v) is 7.28. The average Bonchev–Trinajstić information content (AvgIpc) is 3.03. The molecule has 0 spiro atoms. The van der Waals surface area contributed by atoms with Gasteiger partial charge in [-0.2, -0.15) is 0 Å². The van der Waals surface area contributed by atoms with Gasteiger partial charge in [-0.1, -0.05) is 18.2 Å². The quantitative estimate of drug-likeness (QED) is 0.809. The van der Waals surface area contributed by atoms with Crippen LogP contribution in [0.25, 0.3) is 0 Å². The lowest BCUT2D eigenvalue weighted by atomic mass is 10.1. The monoisotopic (exact) mass is 259 g/mol. The van der Waals surface area contributed by atoms with Gasteiger partial charge in [0.05, 0.1) is 11.2 Å². The number of nitrogens with zero attached hydrogens (tertiary/aromatic N) is 1. The number of fused-ring (bicyclic) bond motifs is 1. The molecule has 0 amide bonds. The molecule has 0 bridgehead atoms. The second kappa shape index (κ2) is 5.50. The normalized spacial score (nSPS) is 17.4. The van der Waals surface area contributed by atoms with E-state index in [1.54, 1.807) is 11.3 Å². The maximum Gasteiger partial charge on any atom is 0.0794 e. The second-order valence-corrected chi connectivity index (χ2v) is 5.36. The van der Waals surface area contributed by atoms with Crippen LogP contribution in [-0.2, 0) is 12.8 Å². The summed E-state index contributed by atoms with van der Waals surface area (Å²) in [5.41, 5.74) is 5.81. The van der Waals surface area contributed by atoms with Crippen LogP contribution in [0.15, 0.2) is 35.2 Å². The molecule has 4 heteroatoms. The van der Waals surface area contributed by atoms with Crippen molar-refractivity contribution in [2.45, 2.75) is 18.9 Å². The van der Waals surface area contributed by atoms with Gasteiger partial charge < -0.3 is 10.6 Å². The lowest BCUT2D eigenvalue weighted by Crippen LogP contribution is -2.32. The maximum atomic E-state index is 4.28. The summed E-state index contributed by atoms with van der Waals surface area (Å²) in [6.45, 7) is 2.01. The number of nitrogens with one attached hydrogen (secondary N) is 2. The second-order valence-electron chi connectivity index (χ2n) is 4.64. The molecule has 0 aliphatic carbocycles. The van der Waals surface area contributed by atoms with Crippen molar-refractivity contribution in [2.75, 3.05) is 18.4 Å². The zero-order valence-corrected chi connectivity index (χ0v) is 11.0. The lowest BCUT2D eigenvalue weighted by molar-refractivity contribution is 0.612. The van der Waals surface area contributed by atoms with Crippen molar-refractivity contribution in [1.29, 1.82) is 0 Å². The van der Waals surface area contributed by atoms with Crippen molar-refractivity contribution in [3.05, 3.63) is 46.4 Å². The molecule has 2 heterocycles. The van der Waals surface area contributed by atoms with Crippen LogP contribution >= 0.6 is 11.3 Å². The predicted molar refractivity (Wildman–Crippen MR) is 76.2 cm³/mol. The van der Waals surface area contributed by atoms with Crippen LogP contribution in [0.5, 0.6) is 0 Å². The van der Waals surface area contributed by atoms with Gasteiger partial charge in [0.15, 0.2) is 0 Å². The van der Waals surface area contributed by atoms with E-state index in [1.807, 2.05) is 5.51 Å². The molecule has 18 heavy (non-hydrogen) atoms. The van der Waals surface area contributed by atoms with Crippen LogP contribution in [0.4, 0.5) is 5.69 Å². The zero-order chi connectivity index (χ0) is 12.2. The van der Waals surface area contributed by atoms with E-state index in [0.29, 0.717) is 6.04 Å². The average molecular weight is 259 g/mol. The summed E-state index contributed by atoms with van der Waals surface area (Å²) in [6, 6.07) is 9.09. The largest absolute Gasteiger partial charge is 0.380 e. The SMILES string of the molecule is c1ccc2c(c1)CC(CNCCc1cscn1)N2. The van der Waals surface area contributed by atoms with Crippen LogP contribution in [0.2, 0.25) is 0 Å². The van der Waals surface area contributed by atoms with Gasteiger partial charge in [-0.3, -0.25) is 0 Å². The van der Waals surface area contributed by atoms with Gasteiger partial charge in [0.25, 0.3) is 0 Å². The molecule has 94 valence electrons. The summed E-state index contributed by atoms with van der Waals surface area (Å²) >= 11 is 1.66. The minimum atomic E-state index is 0.526. The summed E-state index contributed by atoms with van der Waals surface area (Å²) in [6.07, 6.45) is 2.14. The van der Waals surface area contributed by atoms with Crippen molar-refractivity contribution < 1.29 is 0 Å². The van der Waals surface area contributed by atoms with Crippen molar-refractivity contribution in [3.63, 3.8) is 0 Å². The van der Waals surface area contributed by atoms with Crippen LogP contribution in [0.1, 0.15) is 11.3 Å². The fourth-order valence-electron chi connectivity index (χ4n) is 2.35. The minimum Gasteiger partial charge on any atom is -0.380 e. The highest BCUT2D eigenvalue weighted by Gasteiger charge is 2.18. The summed E-state index contributed by atoms with van der Waals surface area (Å²) in [4.78, 5) is 4.28. The van der Waals surface area contributed by atoms with Crippen molar-refractivity contribution >= 4 is 17.0 Å². The number of anilines is 1. The lowest BCUT2D eigenvalue weighted by Gasteiger charge is -2.12. The standard InChI is InChI=1S/C14H17N3S/c1-2-4-14-11(3-1)7-13(17-14)8-15-6-5-12-9-18-10-16-12/h1-4,9-10,13,15,17H,5-8H2. The minimum absolute atomic E-state index is 0.526. The maximum absolute atomic E-state index is 4.28. The Morgan fingerprint density at radius 3 is 3.17 bits per heavy atom. The molecule has 3 rings (SSSR count). The van der Waals surface area contributed by atoms with Crippen molar-refractivity contribution in [2.24, 2.45) is 0 Å². The molecule has 1 aliphatic rings. The van der Waals surface area contributed by atoms with E-state index in [2.05, 4.69) is 45.3 Å². The Morgan fingerprint density at radius 1 is 1.39 bits per heavy atom. The summed E-state index contributed by atoms with van der Waals surface area (Å²) in [5, 5.41) is 9.17. The third kappa shape index (κ3) is 2.71. The van der Waals surface area contributed by atoms with Crippen molar-refractivity contribution in [3.8, 4) is 0 Å². The molecule has 1 aromatic carbocycles. The summed E-state index contributed by atoms with van der Waals surface area (Å²) in [5.74, 6) is 0. The third-order valence-electron chi connectivity index (χ3n) is 3.28. The topological polar surface area (TPSA) is 37.0 Å². The van der Waals surface area contributed by atoms with E-state index < -0.39 is 0 Å². The number of benzene rings is 1. The van der Waals surface area contributed by atoms with Gasteiger partial charge in [0.1, 0.15) is 0 Å². The smallest absolute Gasteiger partial charge is 0.0794 e. The Labute approximate surface area is 111 Å². The van der Waals surface area contributed by atoms with Gasteiger partial charge in [-0.05, 0) is 18.1 Å². The van der Waals surface area contributed by atoms with Gasteiger partial charge in [0, 0.05) is 36.6 Å². The molecule has 2 aromatic rings. The molecular weight excluding hydrogens is 242 g/mol. The van der Waals surface area contributed by atoms with E-state index in [9.17, 15) is 0 Å². The van der Waals surface area contributed by atoms with E-state index in [4.69, 9.17) is 0 Å². The van der Waals surface area contributed by atoms with E-state index in [0.717, 1.165) is 25.9 Å².